The first-order chi connectivity index (χ1) is 5.07. The maximum absolute atomic E-state index is 10.0. The first kappa shape index (κ1) is 10.2. The largest absolute Gasteiger partial charge is 0.478 e. The summed E-state index contributed by atoms with van der Waals surface area (Å²) in [5, 5.41) is 17.4. The summed E-state index contributed by atoms with van der Waals surface area (Å²) in [5.41, 5.74) is 0. The molecule has 0 heterocycles. The van der Waals surface area contributed by atoms with Gasteiger partial charge in [-0.1, -0.05) is 19.9 Å². The lowest BCUT2D eigenvalue weighted by Gasteiger charge is -2.11. The smallest absolute Gasteiger partial charge is 0.327 e. The van der Waals surface area contributed by atoms with E-state index < -0.39 is 12.1 Å². The van der Waals surface area contributed by atoms with Crippen LogP contribution in [0.25, 0.3) is 0 Å². The van der Waals surface area contributed by atoms with Gasteiger partial charge in [-0.2, -0.15) is 0 Å². The molecule has 0 radical (unpaired) electrons. The van der Waals surface area contributed by atoms with Gasteiger partial charge in [0.2, 0.25) is 0 Å². The Bertz CT molecular complexity index is 151. The first-order valence-corrected chi connectivity index (χ1v) is 3.67. The van der Waals surface area contributed by atoms with Crippen LogP contribution in [0.3, 0.4) is 0 Å². The van der Waals surface area contributed by atoms with Crippen LogP contribution in [0.4, 0.5) is 0 Å². The molecule has 11 heavy (non-hydrogen) atoms. The Morgan fingerprint density at radius 3 is 2.55 bits per heavy atom. The van der Waals surface area contributed by atoms with Gasteiger partial charge >= 0.3 is 5.97 Å². The highest BCUT2D eigenvalue weighted by atomic mass is 16.4. The molecule has 2 N–H and O–H groups in total. The number of carbonyl (C=O) groups is 1. The number of hydrogen-bond donors (Lipinski definition) is 2. The monoisotopic (exact) mass is 158 g/mol. The number of aliphatic hydroxyl groups excluding tert-OH is 1. The molecule has 0 bridgehead atoms. The molecule has 0 aromatic heterocycles. The molecule has 0 aliphatic carbocycles. The zero-order valence-corrected chi connectivity index (χ0v) is 6.82. The van der Waals surface area contributed by atoms with Crippen LogP contribution < -0.4 is 0 Å². The van der Waals surface area contributed by atoms with Crippen molar-refractivity contribution < 1.29 is 15.0 Å². The van der Waals surface area contributed by atoms with Crippen molar-refractivity contribution in [2.24, 2.45) is 5.92 Å². The fourth-order valence-electron chi connectivity index (χ4n) is 0.734. The Morgan fingerprint density at radius 1 is 1.64 bits per heavy atom. The normalized spacial score (nSPS) is 16.6. The van der Waals surface area contributed by atoms with Crippen molar-refractivity contribution in [2.75, 3.05) is 0 Å². The van der Waals surface area contributed by atoms with Gasteiger partial charge in [0, 0.05) is 12.0 Å². The highest BCUT2D eigenvalue weighted by Gasteiger charge is 2.07. The van der Waals surface area contributed by atoms with Crippen molar-refractivity contribution in [1.29, 1.82) is 0 Å². The summed E-state index contributed by atoms with van der Waals surface area (Å²) < 4.78 is 0. The van der Waals surface area contributed by atoms with Crippen LogP contribution in [0.1, 0.15) is 20.3 Å². The van der Waals surface area contributed by atoms with E-state index in [-0.39, 0.29) is 5.92 Å². The molecule has 2 atom stereocenters. The minimum atomic E-state index is -0.972. The van der Waals surface area contributed by atoms with Crippen molar-refractivity contribution in [2.45, 2.75) is 26.4 Å². The zero-order chi connectivity index (χ0) is 8.85. The fraction of sp³-hybridized carbons (Fsp3) is 0.625. The molecule has 0 rings (SSSR count). The van der Waals surface area contributed by atoms with E-state index in [0.29, 0.717) is 6.42 Å². The van der Waals surface area contributed by atoms with Crippen LogP contribution >= 0.6 is 0 Å². The van der Waals surface area contributed by atoms with Crippen molar-refractivity contribution >= 4 is 5.97 Å². The van der Waals surface area contributed by atoms with Crippen LogP contribution in [-0.2, 0) is 4.79 Å². The molecule has 0 saturated carbocycles. The van der Waals surface area contributed by atoms with Gasteiger partial charge in [0.25, 0.3) is 0 Å². The highest BCUT2D eigenvalue weighted by Crippen LogP contribution is 2.07. The van der Waals surface area contributed by atoms with Gasteiger partial charge < -0.3 is 10.2 Å². The summed E-state index contributed by atoms with van der Waals surface area (Å²) in [7, 11) is 0. The first-order valence-electron chi connectivity index (χ1n) is 3.67. The average Bonchev–Trinajstić information content (AvgIpc) is 1.98. The molecule has 0 aromatic rings. The number of aliphatic hydroxyl groups is 1. The quantitative estimate of drug-likeness (QED) is 0.601. The minimum absolute atomic E-state index is 0.0869. The van der Waals surface area contributed by atoms with Crippen molar-refractivity contribution in [1.82, 2.24) is 0 Å². The topological polar surface area (TPSA) is 57.5 Å². The maximum Gasteiger partial charge on any atom is 0.327 e. The van der Waals surface area contributed by atoms with E-state index in [2.05, 4.69) is 0 Å². The van der Waals surface area contributed by atoms with E-state index in [1.807, 2.05) is 6.92 Å². The van der Waals surface area contributed by atoms with Gasteiger partial charge in [-0.25, -0.2) is 4.79 Å². The van der Waals surface area contributed by atoms with Gasteiger partial charge in [0.15, 0.2) is 0 Å². The van der Waals surface area contributed by atoms with E-state index in [9.17, 15) is 9.90 Å². The molecule has 64 valence electrons. The molecular weight excluding hydrogens is 144 g/mol. The predicted molar refractivity (Wildman–Crippen MR) is 42.2 cm³/mol. The number of rotatable bonds is 4. The van der Waals surface area contributed by atoms with Gasteiger partial charge in [-0.05, 0) is 6.42 Å². The van der Waals surface area contributed by atoms with Gasteiger partial charge in [0.1, 0.15) is 0 Å². The third-order valence-electron chi connectivity index (χ3n) is 1.57. The lowest BCUT2D eigenvalue weighted by molar-refractivity contribution is -0.131. The second kappa shape index (κ2) is 4.91. The summed E-state index contributed by atoms with van der Waals surface area (Å²) in [6.07, 6.45) is 2.76. The van der Waals surface area contributed by atoms with Crippen molar-refractivity contribution in [3.05, 3.63) is 12.2 Å². The second-order valence-electron chi connectivity index (χ2n) is 2.53. The standard InChI is InChI=1S/C8H14O3/c1-3-7(9)6(2)4-5-8(10)11/h4-7,9H,3H2,1-2H3,(H,10,11)/b5-4+/t6-,7+/m0/s1. The van der Waals surface area contributed by atoms with Gasteiger partial charge in [-0.15, -0.1) is 0 Å². The van der Waals surface area contributed by atoms with Crippen LogP contribution in [-0.4, -0.2) is 22.3 Å². The zero-order valence-electron chi connectivity index (χ0n) is 6.82. The molecular formula is C8H14O3. The fourth-order valence-corrected chi connectivity index (χ4v) is 0.734. The molecule has 0 unspecified atom stereocenters. The Morgan fingerprint density at radius 2 is 2.18 bits per heavy atom. The predicted octanol–water partition coefficient (Wildman–Crippen LogP) is 1.03. The van der Waals surface area contributed by atoms with E-state index >= 15 is 0 Å². The Kier molecular flexibility index (Phi) is 4.54. The lowest BCUT2D eigenvalue weighted by atomic mass is 10.0. The molecule has 0 aliphatic heterocycles. The van der Waals surface area contributed by atoms with Crippen LogP contribution in [0.15, 0.2) is 12.2 Å². The summed E-state index contributed by atoms with van der Waals surface area (Å²) in [6, 6.07) is 0. The summed E-state index contributed by atoms with van der Waals surface area (Å²) in [5.74, 6) is -1.06. The van der Waals surface area contributed by atoms with Crippen LogP contribution in [0.2, 0.25) is 0 Å². The number of carboxylic acids is 1. The molecule has 0 spiro atoms. The molecule has 0 saturated heterocycles. The molecule has 3 nitrogen and oxygen atoms in total. The molecule has 0 aliphatic rings. The average molecular weight is 158 g/mol. The van der Waals surface area contributed by atoms with Crippen molar-refractivity contribution in [3.8, 4) is 0 Å². The summed E-state index contributed by atoms with van der Waals surface area (Å²) >= 11 is 0. The highest BCUT2D eigenvalue weighted by molar-refractivity contribution is 5.79. The Balaban J connectivity index is 3.85. The molecule has 0 aromatic carbocycles. The summed E-state index contributed by atoms with van der Waals surface area (Å²) in [4.78, 5) is 10.0. The van der Waals surface area contributed by atoms with E-state index in [1.54, 1.807) is 6.92 Å². The molecule has 0 amide bonds. The number of aliphatic carboxylic acids is 1. The number of carboxylic acid groups (broad SMARTS) is 1. The Hall–Kier alpha value is -0.830. The lowest BCUT2D eigenvalue weighted by Crippen LogP contribution is -2.14. The van der Waals surface area contributed by atoms with Crippen LogP contribution in [0.5, 0.6) is 0 Å². The van der Waals surface area contributed by atoms with Crippen LogP contribution in [0, 0.1) is 5.92 Å². The summed E-state index contributed by atoms with van der Waals surface area (Å²) in [6.45, 7) is 3.64. The third-order valence-corrected chi connectivity index (χ3v) is 1.57. The SMILES string of the molecule is CC[C@@H](O)[C@@H](C)/C=C/C(=O)O. The van der Waals surface area contributed by atoms with E-state index in [1.165, 1.54) is 6.08 Å². The maximum atomic E-state index is 10.0. The Labute approximate surface area is 66.4 Å². The minimum Gasteiger partial charge on any atom is -0.478 e. The third kappa shape index (κ3) is 4.56. The van der Waals surface area contributed by atoms with Crippen molar-refractivity contribution in [3.63, 3.8) is 0 Å². The molecule has 3 heteroatoms. The van der Waals surface area contributed by atoms with E-state index in [0.717, 1.165) is 6.08 Å². The number of hydrogen-bond acceptors (Lipinski definition) is 2. The molecule has 0 fully saturated rings. The van der Waals surface area contributed by atoms with Gasteiger partial charge in [0.05, 0.1) is 6.10 Å². The van der Waals surface area contributed by atoms with E-state index in [4.69, 9.17) is 5.11 Å². The second-order valence-corrected chi connectivity index (χ2v) is 2.53. The van der Waals surface area contributed by atoms with Gasteiger partial charge in [-0.3, -0.25) is 0 Å².